The van der Waals surface area contributed by atoms with Gasteiger partial charge in [-0.05, 0) is 18.6 Å². The van der Waals surface area contributed by atoms with Crippen LogP contribution in [0.2, 0.25) is 0 Å². The van der Waals surface area contributed by atoms with E-state index in [-0.39, 0.29) is 5.91 Å². The Hall–Kier alpha value is -2.70. The summed E-state index contributed by atoms with van der Waals surface area (Å²) in [6, 6.07) is 2.43. The number of benzene rings is 1. The van der Waals surface area contributed by atoms with Crippen molar-refractivity contribution in [1.29, 1.82) is 0 Å². The number of nitrogens with zero attached hydrogens (tertiary/aromatic N) is 1. The Balaban J connectivity index is 2.39. The molecule has 0 fully saturated rings. The van der Waals surface area contributed by atoms with Crippen LogP contribution in [0.25, 0.3) is 0 Å². The highest BCUT2D eigenvalue weighted by Gasteiger charge is 2.33. The zero-order valence-corrected chi connectivity index (χ0v) is 13.5. The molecule has 0 spiro atoms. The maximum absolute atomic E-state index is 12.7. The molecule has 1 atom stereocenters. The molecule has 124 valence electrons. The van der Waals surface area contributed by atoms with E-state index in [2.05, 4.69) is 0 Å². The highest BCUT2D eigenvalue weighted by atomic mass is 16.5. The molecule has 0 unspecified atom stereocenters. The van der Waals surface area contributed by atoms with Gasteiger partial charge in [-0.15, -0.1) is 0 Å². The number of rotatable bonds is 5. The van der Waals surface area contributed by atoms with Crippen molar-refractivity contribution in [1.82, 2.24) is 4.90 Å². The van der Waals surface area contributed by atoms with Crippen molar-refractivity contribution in [3.05, 3.63) is 30.0 Å². The molecule has 1 aliphatic rings. The Morgan fingerprint density at radius 1 is 1.04 bits per heavy atom. The van der Waals surface area contributed by atoms with Crippen LogP contribution < -0.4 is 14.2 Å². The summed E-state index contributed by atoms with van der Waals surface area (Å²) in [6.45, 7) is 0. The minimum atomic E-state index is -0.661. The van der Waals surface area contributed by atoms with Gasteiger partial charge in [0.2, 0.25) is 5.75 Å². The van der Waals surface area contributed by atoms with E-state index in [1.807, 2.05) is 0 Å². The monoisotopic (exact) mass is 321 g/mol. The van der Waals surface area contributed by atoms with Gasteiger partial charge in [0.05, 0.1) is 28.4 Å². The molecule has 0 N–H and O–H groups in total. The first-order chi connectivity index (χ1) is 11.1. The number of hydrogen-bond donors (Lipinski definition) is 0. The lowest BCUT2D eigenvalue weighted by atomic mass is 10.1. The highest BCUT2D eigenvalue weighted by Crippen LogP contribution is 2.38. The molecule has 0 aliphatic carbocycles. The molecule has 1 aromatic rings. The van der Waals surface area contributed by atoms with Crippen molar-refractivity contribution >= 4 is 11.9 Å². The van der Waals surface area contributed by atoms with Crippen molar-refractivity contribution in [2.45, 2.75) is 12.5 Å². The summed E-state index contributed by atoms with van der Waals surface area (Å²) in [5.74, 6) is 0.318. The summed E-state index contributed by atoms with van der Waals surface area (Å²) in [7, 11) is 5.72. The highest BCUT2D eigenvalue weighted by molar-refractivity contribution is 5.99. The fourth-order valence-corrected chi connectivity index (χ4v) is 2.43. The first kappa shape index (κ1) is 16.7. The number of hydrogen-bond acceptors (Lipinski definition) is 6. The van der Waals surface area contributed by atoms with Crippen molar-refractivity contribution in [2.24, 2.45) is 0 Å². The molecule has 1 amide bonds. The molecule has 1 aliphatic heterocycles. The first-order valence-electron chi connectivity index (χ1n) is 6.94. The second-order valence-electron chi connectivity index (χ2n) is 4.79. The summed E-state index contributed by atoms with van der Waals surface area (Å²) in [5, 5.41) is 0. The van der Waals surface area contributed by atoms with Gasteiger partial charge >= 0.3 is 5.97 Å². The van der Waals surface area contributed by atoms with Gasteiger partial charge in [0.1, 0.15) is 6.04 Å². The number of carbonyl (C=O) groups is 2. The van der Waals surface area contributed by atoms with Gasteiger partial charge < -0.3 is 23.8 Å². The number of ether oxygens (including phenoxy) is 4. The van der Waals surface area contributed by atoms with Crippen LogP contribution in [0.3, 0.4) is 0 Å². The van der Waals surface area contributed by atoms with Gasteiger partial charge in [0.25, 0.3) is 5.91 Å². The van der Waals surface area contributed by atoms with Crippen molar-refractivity contribution in [3.8, 4) is 17.2 Å². The van der Waals surface area contributed by atoms with Gasteiger partial charge in [0, 0.05) is 11.8 Å². The fraction of sp³-hybridized carbons (Fsp3) is 0.375. The zero-order chi connectivity index (χ0) is 17.0. The Labute approximate surface area is 134 Å². The Morgan fingerprint density at radius 2 is 1.65 bits per heavy atom. The maximum atomic E-state index is 12.7. The lowest BCUT2D eigenvalue weighted by Crippen LogP contribution is -2.39. The van der Waals surface area contributed by atoms with Crippen molar-refractivity contribution in [2.75, 3.05) is 28.4 Å². The smallest absolute Gasteiger partial charge is 0.329 e. The molecule has 0 radical (unpaired) electrons. The summed E-state index contributed by atoms with van der Waals surface area (Å²) >= 11 is 0. The van der Waals surface area contributed by atoms with Crippen LogP contribution in [0.5, 0.6) is 17.2 Å². The van der Waals surface area contributed by atoms with Gasteiger partial charge in [-0.1, -0.05) is 6.08 Å². The normalized spacial score (nSPS) is 16.2. The van der Waals surface area contributed by atoms with Crippen LogP contribution in [0.15, 0.2) is 24.4 Å². The molecule has 7 heteroatoms. The van der Waals surface area contributed by atoms with E-state index in [1.54, 1.807) is 24.4 Å². The second-order valence-corrected chi connectivity index (χ2v) is 4.79. The van der Waals surface area contributed by atoms with Crippen LogP contribution in [-0.2, 0) is 9.53 Å². The molecule has 1 aromatic carbocycles. The van der Waals surface area contributed by atoms with E-state index in [1.165, 1.54) is 33.3 Å². The Bertz CT molecular complexity index is 614. The topological polar surface area (TPSA) is 74.3 Å². The van der Waals surface area contributed by atoms with E-state index in [9.17, 15) is 9.59 Å². The molecular formula is C16H19NO6. The minimum absolute atomic E-state index is 0.319. The fourth-order valence-electron chi connectivity index (χ4n) is 2.43. The van der Waals surface area contributed by atoms with Crippen LogP contribution in [-0.4, -0.2) is 51.3 Å². The van der Waals surface area contributed by atoms with Crippen LogP contribution in [0.1, 0.15) is 16.8 Å². The predicted octanol–water partition coefficient (Wildman–Crippen LogP) is 1.61. The number of methoxy groups -OCH3 is 4. The molecular weight excluding hydrogens is 302 g/mol. The van der Waals surface area contributed by atoms with Crippen LogP contribution in [0.4, 0.5) is 0 Å². The number of esters is 1. The van der Waals surface area contributed by atoms with E-state index >= 15 is 0 Å². The summed E-state index contributed by atoms with van der Waals surface area (Å²) in [6.07, 6.45) is 3.74. The molecule has 0 aromatic heterocycles. The second kappa shape index (κ2) is 7.04. The molecule has 7 nitrogen and oxygen atoms in total. The number of amides is 1. The Morgan fingerprint density at radius 3 is 2.13 bits per heavy atom. The summed E-state index contributed by atoms with van der Waals surface area (Å²) in [4.78, 5) is 25.8. The molecule has 1 heterocycles. The summed E-state index contributed by atoms with van der Waals surface area (Å²) < 4.78 is 20.5. The molecule has 23 heavy (non-hydrogen) atoms. The van der Waals surface area contributed by atoms with Gasteiger partial charge in [-0.3, -0.25) is 4.79 Å². The Kier molecular flexibility index (Phi) is 5.10. The van der Waals surface area contributed by atoms with Gasteiger partial charge in [-0.2, -0.15) is 0 Å². The van der Waals surface area contributed by atoms with E-state index in [0.29, 0.717) is 29.2 Å². The SMILES string of the molecule is COC(=O)[C@@H]1CC=CN1C(=O)c1cc(OC)c(OC)c(OC)c1. The van der Waals surface area contributed by atoms with Gasteiger partial charge in [-0.25, -0.2) is 4.79 Å². The van der Waals surface area contributed by atoms with Crippen LogP contribution >= 0.6 is 0 Å². The minimum Gasteiger partial charge on any atom is -0.493 e. The van der Waals surface area contributed by atoms with E-state index < -0.39 is 12.0 Å². The first-order valence-corrected chi connectivity index (χ1v) is 6.94. The van der Waals surface area contributed by atoms with Crippen molar-refractivity contribution < 1.29 is 28.5 Å². The third-order valence-electron chi connectivity index (χ3n) is 3.58. The number of carbonyl (C=O) groups excluding carboxylic acids is 2. The lowest BCUT2D eigenvalue weighted by Gasteiger charge is -2.22. The summed E-state index contributed by atoms with van der Waals surface area (Å²) in [5.41, 5.74) is 0.319. The quantitative estimate of drug-likeness (QED) is 0.767. The van der Waals surface area contributed by atoms with E-state index in [0.717, 1.165) is 0 Å². The maximum Gasteiger partial charge on any atom is 0.329 e. The molecule has 0 saturated carbocycles. The van der Waals surface area contributed by atoms with Gasteiger partial charge in [0.15, 0.2) is 11.5 Å². The molecule has 2 rings (SSSR count). The predicted molar refractivity (Wildman–Crippen MR) is 81.8 cm³/mol. The largest absolute Gasteiger partial charge is 0.493 e. The molecule has 0 saturated heterocycles. The lowest BCUT2D eigenvalue weighted by molar-refractivity contribution is -0.144. The average Bonchev–Trinajstić information content (AvgIpc) is 3.08. The van der Waals surface area contributed by atoms with E-state index in [4.69, 9.17) is 18.9 Å². The third kappa shape index (κ3) is 3.08. The average molecular weight is 321 g/mol. The zero-order valence-electron chi connectivity index (χ0n) is 13.5. The third-order valence-corrected chi connectivity index (χ3v) is 3.58. The standard InChI is InChI=1S/C16H19NO6/c1-20-12-8-10(9-13(21-2)14(12)22-3)15(18)17-7-5-6-11(17)16(19)23-4/h5,7-9,11H,6H2,1-4H3/t11-/m0/s1. The van der Waals surface area contributed by atoms with Crippen molar-refractivity contribution in [3.63, 3.8) is 0 Å². The molecule has 0 bridgehead atoms. The van der Waals surface area contributed by atoms with Crippen LogP contribution in [0, 0.1) is 0 Å².